The van der Waals surface area contributed by atoms with Crippen molar-refractivity contribution in [1.29, 1.82) is 0 Å². The van der Waals surface area contributed by atoms with Gasteiger partial charge in [0.25, 0.3) is 0 Å². The third-order valence-corrected chi connectivity index (χ3v) is 2.41. The Bertz CT molecular complexity index is 325. The zero-order valence-corrected chi connectivity index (χ0v) is 13.5. The lowest BCUT2D eigenvalue weighted by molar-refractivity contribution is 0.580. The molecule has 8 nitrogen and oxygen atoms in total. The second kappa shape index (κ2) is 19.5. The van der Waals surface area contributed by atoms with Gasteiger partial charge in [0, 0.05) is 57.6 Å². The summed E-state index contributed by atoms with van der Waals surface area (Å²) < 4.78 is 0. The van der Waals surface area contributed by atoms with Gasteiger partial charge in [0.1, 0.15) is 0 Å². The molecule has 0 unspecified atom stereocenters. The summed E-state index contributed by atoms with van der Waals surface area (Å²) in [7, 11) is 1.86. The van der Waals surface area contributed by atoms with Crippen LogP contribution in [0.25, 0.3) is 0 Å². The highest BCUT2D eigenvalue weighted by Crippen LogP contribution is 1.76. The van der Waals surface area contributed by atoms with Crippen molar-refractivity contribution in [3.63, 3.8) is 0 Å². The Morgan fingerprint density at radius 3 is 1.86 bits per heavy atom. The van der Waals surface area contributed by atoms with E-state index in [1.54, 1.807) is 24.9 Å². The van der Waals surface area contributed by atoms with Crippen LogP contribution in [0.1, 0.15) is 6.42 Å². The van der Waals surface area contributed by atoms with Gasteiger partial charge in [0.15, 0.2) is 0 Å². The Balaban J connectivity index is 3.28. The fraction of sp³-hybridized carbons (Fsp3) is 0.714. The molecule has 0 bridgehead atoms. The molecule has 0 aliphatic rings. The summed E-state index contributed by atoms with van der Waals surface area (Å²) in [5.41, 5.74) is 11.2. The Morgan fingerprint density at radius 1 is 0.773 bits per heavy atom. The number of nitrogens with one attached hydrogen (secondary N) is 3. The molecule has 0 fully saturated rings. The van der Waals surface area contributed by atoms with Gasteiger partial charge in [-0.05, 0) is 13.5 Å². The van der Waals surface area contributed by atoms with Gasteiger partial charge in [0.2, 0.25) is 0 Å². The van der Waals surface area contributed by atoms with Crippen LogP contribution in [-0.2, 0) is 0 Å². The standard InChI is InChI=1S/C14H30N8/c1-16-22-5-2-4-17-7-9-19-11-13-21-14-12-20-10-8-18-6-3-15/h7-10,16,21-22H,2-6,11-15H2,1H3. The van der Waals surface area contributed by atoms with Gasteiger partial charge in [-0.15, -0.1) is 0 Å². The molecular formula is C14H30N8. The first kappa shape index (κ1) is 20.5. The van der Waals surface area contributed by atoms with Crippen LogP contribution in [0.15, 0.2) is 20.0 Å². The van der Waals surface area contributed by atoms with E-state index in [0.29, 0.717) is 13.1 Å². The van der Waals surface area contributed by atoms with Crippen molar-refractivity contribution < 1.29 is 0 Å². The minimum Gasteiger partial charge on any atom is -0.329 e. The summed E-state index contributed by atoms with van der Waals surface area (Å²) in [6.45, 7) is 6.11. The van der Waals surface area contributed by atoms with E-state index in [1.165, 1.54) is 0 Å². The summed E-state index contributed by atoms with van der Waals surface area (Å²) in [5, 5.41) is 3.26. The fourth-order valence-electron chi connectivity index (χ4n) is 1.36. The summed E-state index contributed by atoms with van der Waals surface area (Å²) in [5.74, 6) is 0. The fourth-order valence-corrected chi connectivity index (χ4v) is 1.36. The number of hydrogen-bond acceptors (Lipinski definition) is 8. The minimum absolute atomic E-state index is 0.574. The summed E-state index contributed by atoms with van der Waals surface area (Å²) >= 11 is 0. The molecule has 22 heavy (non-hydrogen) atoms. The number of nitrogens with zero attached hydrogens (tertiary/aromatic N) is 4. The van der Waals surface area contributed by atoms with Gasteiger partial charge < -0.3 is 11.1 Å². The molecular weight excluding hydrogens is 280 g/mol. The Hall–Kier alpha value is -1.48. The average molecular weight is 310 g/mol. The quantitative estimate of drug-likeness (QED) is 0.175. The zero-order chi connectivity index (χ0) is 16.1. The second-order valence-corrected chi connectivity index (χ2v) is 4.29. The van der Waals surface area contributed by atoms with Crippen LogP contribution in [-0.4, -0.2) is 84.3 Å². The summed E-state index contributed by atoms with van der Waals surface area (Å²) in [4.78, 5) is 16.7. The highest BCUT2D eigenvalue weighted by molar-refractivity contribution is 6.16. The number of aliphatic imine (C=N–C) groups is 4. The molecule has 0 heterocycles. The van der Waals surface area contributed by atoms with Crippen molar-refractivity contribution >= 4 is 24.9 Å². The van der Waals surface area contributed by atoms with Gasteiger partial charge in [-0.3, -0.25) is 30.8 Å². The van der Waals surface area contributed by atoms with E-state index < -0.39 is 0 Å². The third kappa shape index (κ3) is 18.5. The predicted molar refractivity (Wildman–Crippen MR) is 97.0 cm³/mol. The molecule has 0 radical (unpaired) electrons. The highest BCUT2D eigenvalue weighted by atomic mass is 15.3. The molecule has 0 aromatic rings. The lowest BCUT2D eigenvalue weighted by Gasteiger charge is -1.98. The van der Waals surface area contributed by atoms with Crippen LogP contribution < -0.4 is 21.9 Å². The first-order valence-corrected chi connectivity index (χ1v) is 7.68. The number of rotatable bonds is 15. The smallest absolute Gasteiger partial charge is 0.0514 e. The Morgan fingerprint density at radius 2 is 1.32 bits per heavy atom. The van der Waals surface area contributed by atoms with Crippen molar-refractivity contribution in [3.05, 3.63) is 0 Å². The van der Waals surface area contributed by atoms with Gasteiger partial charge in [-0.25, -0.2) is 0 Å². The molecule has 0 saturated heterocycles. The van der Waals surface area contributed by atoms with Gasteiger partial charge in [-0.2, -0.15) is 0 Å². The lowest BCUT2D eigenvalue weighted by atomic mass is 10.4. The highest BCUT2D eigenvalue weighted by Gasteiger charge is 1.84. The largest absolute Gasteiger partial charge is 0.329 e. The van der Waals surface area contributed by atoms with Gasteiger partial charge >= 0.3 is 0 Å². The lowest BCUT2D eigenvalue weighted by Crippen LogP contribution is -2.28. The van der Waals surface area contributed by atoms with E-state index in [9.17, 15) is 0 Å². The van der Waals surface area contributed by atoms with Crippen molar-refractivity contribution in [1.82, 2.24) is 16.2 Å². The number of hydrogen-bond donors (Lipinski definition) is 4. The number of nitrogens with two attached hydrogens (primary N) is 1. The molecule has 8 heteroatoms. The van der Waals surface area contributed by atoms with E-state index >= 15 is 0 Å². The maximum atomic E-state index is 5.31. The summed E-state index contributed by atoms with van der Waals surface area (Å²) in [6.07, 6.45) is 7.90. The van der Waals surface area contributed by atoms with Crippen LogP contribution in [0.4, 0.5) is 0 Å². The maximum absolute atomic E-state index is 5.31. The molecule has 0 spiro atoms. The van der Waals surface area contributed by atoms with E-state index in [1.807, 2.05) is 7.05 Å². The van der Waals surface area contributed by atoms with Crippen LogP contribution in [0, 0.1) is 0 Å². The Kier molecular flexibility index (Phi) is 18.2. The van der Waals surface area contributed by atoms with E-state index in [-0.39, 0.29) is 0 Å². The van der Waals surface area contributed by atoms with E-state index in [2.05, 4.69) is 36.1 Å². The monoisotopic (exact) mass is 310 g/mol. The van der Waals surface area contributed by atoms with Crippen LogP contribution in [0.2, 0.25) is 0 Å². The minimum atomic E-state index is 0.574. The number of hydrazine groups is 1. The first-order chi connectivity index (χ1) is 10.9. The van der Waals surface area contributed by atoms with Crippen molar-refractivity contribution in [2.45, 2.75) is 6.42 Å². The molecule has 126 valence electrons. The molecule has 0 rings (SSSR count). The first-order valence-electron chi connectivity index (χ1n) is 7.68. The molecule has 0 aromatic heterocycles. The molecule has 0 aromatic carbocycles. The van der Waals surface area contributed by atoms with Crippen LogP contribution >= 0.6 is 0 Å². The van der Waals surface area contributed by atoms with Crippen molar-refractivity contribution in [3.8, 4) is 0 Å². The normalized spacial score (nSPS) is 12.6. The SMILES string of the molecule is CNNCCCN=CC=NCCNCCN=CC=NCCN. The van der Waals surface area contributed by atoms with Crippen LogP contribution in [0.3, 0.4) is 0 Å². The van der Waals surface area contributed by atoms with Crippen molar-refractivity contribution in [2.24, 2.45) is 25.7 Å². The van der Waals surface area contributed by atoms with Gasteiger partial charge in [-0.1, -0.05) is 0 Å². The molecule has 5 N–H and O–H groups in total. The topological polar surface area (TPSA) is 112 Å². The third-order valence-electron chi connectivity index (χ3n) is 2.41. The second-order valence-electron chi connectivity index (χ2n) is 4.29. The average Bonchev–Trinajstić information content (AvgIpc) is 2.54. The Labute approximate surface area is 133 Å². The molecule has 0 aliphatic carbocycles. The van der Waals surface area contributed by atoms with E-state index in [4.69, 9.17) is 5.73 Å². The zero-order valence-electron chi connectivity index (χ0n) is 13.5. The van der Waals surface area contributed by atoms with Crippen molar-refractivity contribution in [2.75, 3.05) is 59.4 Å². The molecule has 0 atom stereocenters. The van der Waals surface area contributed by atoms with Crippen LogP contribution in [0.5, 0.6) is 0 Å². The predicted octanol–water partition coefficient (Wildman–Crippen LogP) is -1.07. The molecule has 0 aliphatic heterocycles. The van der Waals surface area contributed by atoms with Gasteiger partial charge in [0.05, 0.1) is 19.6 Å². The summed E-state index contributed by atoms with van der Waals surface area (Å²) in [6, 6.07) is 0. The molecule has 0 amide bonds. The maximum Gasteiger partial charge on any atom is 0.0514 e. The van der Waals surface area contributed by atoms with E-state index in [0.717, 1.165) is 45.7 Å². The molecule has 0 saturated carbocycles.